The van der Waals surface area contributed by atoms with Crippen LogP contribution in [0.15, 0.2) is 110 Å². The minimum absolute atomic E-state index is 1.43. The number of hydrogen-bond donors (Lipinski definition) is 1. The average molecular weight is 345 g/mol. The molecule has 3 heteroatoms. The highest BCUT2D eigenvalue weighted by atomic mass is 31.2. The molecule has 0 aliphatic rings. The summed E-state index contributed by atoms with van der Waals surface area (Å²) in [5.41, 5.74) is 0. The SMILES string of the molecule is C[P+](c1ccccc1)(c1ccccc1)c1ccccc1.c1c[nH]cn1. The third kappa shape index (κ3) is 4.04. The predicted molar refractivity (Wildman–Crippen MR) is 110 cm³/mol. The van der Waals surface area contributed by atoms with Crippen LogP contribution >= 0.6 is 7.26 Å². The summed E-state index contributed by atoms with van der Waals surface area (Å²) in [5, 5.41) is 4.28. The Kier molecular flexibility index (Phi) is 5.77. The summed E-state index contributed by atoms with van der Waals surface area (Å²) in [6.45, 7) is 2.41. The normalized spacial score (nSPS) is 10.6. The van der Waals surface area contributed by atoms with E-state index in [0.717, 1.165) is 0 Å². The molecule has 25 heavy (non-hydrogen) atoms. The van der Waals surface area contributed by atoms with Gasteiger partial charge in [0, 0.05) is 12.4 Å². The molecule has 0 atom stereocenters. The zero-order chi connectivity index (χ0) is 17.4. The third-order valence-electron chi connectivity index (χ3n) is 4.22. The summed E-state index contributed by atoms with van der Waals surface area (Å²) >= 11 is 0. The van der Waals surface area contributed by atoms with E-state index in [4.69, 9.17) is 0 Å². The van der Waals surface area contributed by atoms with Gasteiger partial charge in [0.2, 0.25) is 0 Å². The van der Waals surface area contributed by atoms with Gasteiger partial charge in [0.15, 0.2) is 0 Å². The predicted octanol–water partition coefficient (Wildman–Crippen LogP) is 4.02. The molecule has 0 radical (unpaired) electrons. The van der Waals surface area contributed by atoms with Crippen LogP contribution in [0.4, 0.5) is 0 Å². The Labute approximate surface area is 149 Å². The molecule has 1 heterocycles. The van der Waals surface area contributed by atoms with E-state index in [0.29, 0.717) is 0 Å². The molecule has 3 aromatic carbocycles. The zero-order valence-corrected chi connectivity index (χ0v) is 15.2. The number of nitrogens with one attached hydrogen (secondary N) is 1. The molecule has 0 saturated heterocycles. The van der Waals surface area contributed by atoms with E-state index in [2.05, 4.69) is 108 Å². The molecule has 2 nitrogen and oxygen atoms in total. The van der Waals surface area contributed by atoms with Gasteiger partial charge in [-0.15, -0.1) is 0 Å². The summed E-state index contributed by atoms with van der Waals surface area (Å²) in [7, 11) is -1.53. The van der Waals surface area contributed by atoms with Gasteiger partial charge in [-0.25, -0.2) is 4.98 Å². The van der Waals surface area contributed by atoms with Gasteiger partial charge in [-0.05, 0) is 36.4 Å². The average Bonchev–Trinajstić information content (AvgIpc) is 3.30. The first-order valence-corrected chi connectivity index (χ1v) is 10.5. The first kappa shape index (κ1) is 17.1. The van der Waals surface area contributed by atoms with Crippen LogP contribution < -0.4 is 15.9 Å². The number of benzene rings is 3. The Morgan fingerprint density at radius 1 is 0.640 bits per heavy atom. The molecule has 0 spiro atoms. The monoisotopic (exact) mass is 345 g/mol. The Morgan fingerprint density at radius 3 is 1.28 bits per heavy atom. The van der Waals surface area contributed by atoms with E-state index >= 15 is 0 Å². The van der Waals surface area contributed by atoms with E-state index in [1.165, 1.54) is 15.9 Å². The van der Waals surface area contributed by atoms with Gasteiger partial charge in [-0.2, -0.15) is 0 Å². The second-order valence-corrected chi connectivity index (χ2v) is 9.34. The molecule has 0 unspecified atom stereocenters. The van der Waals surface area contributed by atoms with E-state index in [1.54, 1.807) is 18.7 Å². The highest BCUT2D eigenvalue weighted by molar-refractivity contribution is 7.95. The molecule has 4 rings (SSSR count). The van der Waals surface area contributed by atoms with Gasteiger partial charge in [-0.3, -0.25) is 0 Å². The van der Waals surface area contributed by atoms with E-state index in [1.807, 2.05) is 0 Å². The van der Waals surface area contributed by atoms with Crippen molar-refractivity contribution in [2.24, 2.45) is 0 Å². The second kappa shape index (κ2) is 8.41. The van der Waals surface area contributed by atoms with Gasteiger partial charge in [0.1, 0.15) is 23.2 Å². The highest BCUT2D eigenvalue weighted by Gasteiger charge is 2.39. The quantitative estimate of drug-likeness (QED) is 0.558. The van der Waals surface area contributed by atoms with Crippen LogP contribution in [0.3, 0.4) is 0 Å². The van der Waals surface area contributed by atoms with Crippen LogP contribution in [0, 0.1) is 0 Å². The largest absolute Gasteiger partial charge is 0.351 e. The van der Waals surface area contributed by atoms with Crippen molar-refractivity contribution in [3.8, 4) is 0 Å². The highest BCUT2D eigenvalue weighted by Crippen LogP contribution is 2.51. The lowest BCUT2D eigenvalue weighted by Gasteiger charge is -2.22. The minimum atomic E-state index is -1.53. The molecule has 0 saturated carbocycles. The van der Waals surface area contributed by atoms with Crippen LogP contribution in [-0.2, 0) is 0 Å². The van der Waals surface area contributed by atoms with Crippen molar-refractivity contribution in [3.05, 3.63) is 110 Å². The van der Waals surface area contributed by atoms with Gasteiger partial charge < -0.3 is 4.98 Å². The number of H-pyrrole nitrogens is 1. The Morgan fingerprint density at radius 2 is 1.04 bits per heavy atom. The van der Waals surface area contributed by atoms with Crippen LogP contribution in [-0.4, -0.2) is 16.6 Å². The molecule has 124 valence electrons. The Balaban J connectivity index is 0.000000314. The number of aromatic nitrogens is 2. The van der Waals surface area contributed by atoms with Gasteiger partial charge in [0.05, 0.1) is 13.0 Å². The summed E-state index contributed by atoms with van der Waals surface area (Å²) in [4.78, 5) is 6.42. The first-order chi connectivity index (χ1) is 12.3. The number of nitrogens with zero attached hydrogens (tertiary/aromatic N) is 1. The standard InChI is InChI=1S/C19H18P.C3H4N2/c1-20(17-11-5-2-6-12-17,18-13-7-3-8-14-18)19-15-9-4-10-16-19;1-2-5-3-4-1/h2-16H,1H3;1-3H,(H,4,5)/q+1;. The van der Waals surface area contributed by atoms with Crippen LogP contribution in [0.2, 0.25) is 0 Å². The minimum Gasteiger partial charge on any atom is -0.351 e. The summed E-state index contributed by atoms with van der Waals surface area (Å²) in [6.07, 6.45) is 5.08. The molecule has 4 aromatic rings. The van der Waals surface area contributed by atoms with Gasteiger partial charge in [-0.1, -0.05) is 54.6 Å². The molecule has 0 aliphatic carbocycles. The van der Waals surface area contributed by atoms with Gasteiger partial charge in [0.25, 0.3) is 0 Å². The molecule has 0 fully saturated rings. The lowest BCUT2D eigenvalue weighted by molar-refractivity contribution is 1.31. The van der Waals surface area contributed by atoms with Crippen molar-refractivity contribution >= 4 is 23.2 Å². The third-order valence-corrected chi connectivity index (χ3v) is 8.22. The second-order valence-electron chi connectivity index (χ2n) is 5.77. The fourth-order valence-electron chi connectivity index (χ4n) is 2.84. The molecular formula is C22H22N2P+. The smallest absolute Gasteiger partial charge is 0.109 e. The Bertz CT molecular complexity index is 731. The molecule has 0 bridgehead atoms. The van der Waals surface area contributed by atoms with Crippen molar-refractivity contribution in [2.45, 2.75) is 0 Å². The summed E-state index contributed by atoms with van der Waals surface area (Å²) in [6, 6.07) is 32.6. The summed E-state index contributed by atoms with van der Waals surface area (Å²) in [5.74, 6) is 0. The van der Waals surface area contributed by atoms with Crippen molar-refractivity contribution in [1.29, 1.82) is 0 Å². The van der Waals surface area contributed by atoms with Crippen LogP contribution in [0.25, 0.3) is 0 Å². The zero-order valence-electron chi connectivity index (χ0n) is 14.3. The maximum atomic E-state index is 3.67. The molecule has 0 amide bonds. The van der Waals surface area contributed by atoms with Crippen LogP contribution in [0.1, 0.15) is 0 Å². The summed E-state index contributed by atoms with van der Waals surface area (Å²) < 4.78 is 0. The lowest BCUT2D eigenvalue weighted by atomic mass is 10.4. The molecular weight excluding hydrogens is 323 g/mol. The van der Waals surface area contributed by atoms with Crippen molar-refractivity contribution in [3.63, 3.8) is 0 Å². The number of aromatic amines is 1. The van der Waals surface area contributed by atoms with Crippen molar-refractivity contribution < 1.29 is 0 Å². The Hall–Kier alpha value is -2.70. The first-order valence-electron chi connectivity index (χ1n) is 8.28. The fraction of sp³-hybridized carbons (Fsp3) is 0.0455. The van der Waals surface area contributed by atoms with Crippen molar-refractivity contribution in [2.75, 3.05) is 6.66 Å². The number of imidazole rings is 1. The topological polar surface area (TPSA) is 28.7 Å². The van der Waals surface area contributed by atoms with Crippen LogP contribution in [0.5, 0.6) is 0 Å². The molecule has 0 aliphatic heterocycles. The maximum absolute atomic E-state index is 3.67. The maximum Gasteiger partial charge on any atom is 0.109 e. The number of hydrogen-bond acceptors (Lipinski definition) is 1. The molecule has 1 aromatic heterocycles. The lowest BCUT2D eigenvalue weighted by Crippen LogP contribution is -2.30. The fourth-order valence-corrected chi connectivity index (χ4v) is 6.04. The van der Waals surface area contributed by atoms with Crippen molar-refractivity contribution in [1.82, 2.24) is 9.97 Å². The number of rotatable bonds is 3. The van der Waals surface area contributed by atoms with E-state index in [-0.39, 0.29) is 0 Å². The molecule has 1 N–H and O–H groups in total. The van der Waals surface area contributed by atoms with Gasteiger partial charge >= 0.3 is 0 Å². The van der Waals surface area contributed by atoms with E-state index < -0.39 is 7.26 Å². The van der Waals surface area contributed by atoms with E-state index in [9.17, 15) is 0 Å².